The van der Waals surface area contributed by atoms with Crippen LogP contribution in [0.4, 0.5) is 5.69 Å². The molecule has 0 saturated heterocycles. The third-order valence-electron chi connectivity index (χ3n) is 7.37. The summed E-state index contributed by atoms with van der Waals surface area (Å²) >= 11 is 1.67. The van der Waals surface area contributed by atoms with Gasteiger partial charge in [0.1, 0.15) is 11.2 Å². The Morgan fingerprint density at radius 3 is 2.79 bits per heavy atom. The number of carbonyl (C=O) groups excluding carboxylic acids is 1. The van der Waals surface area contributed by atoms with Crippen LogP contribution < -0.4 is 5.32 Å². The van der Waals surface area contributed by atoms with Crippen molar-refractivity contribution in [3.8, 4) is 33.1 Å². The highest BCUT2D eigenvalue weighted by Gasteiger charge is 2.19. The minimum atomic E-state index is 0.0481. The molecule has 0 spiro atoms. The zero-order valence-corrected chi connectivity index (χ0v) is 22.0. The summed E-state index contributed by atoms with van der Waals surface area (Å²) in [5.41, 5.74) is 6.28. The molecule has 0 unspecified atom stereocenters. The van der Waals surface area contributed by atoms with Crippen molar-refractivity contribution in [1.29, 1.82) is 0 Å². The maximum Gasteiger partial charge on any atom is 0.224 e. The summed E-state index contributed by atoms with van der Waals surface area (Å²) in [6, 6.07) is 10.0. The average molecular weight is 535 g/mol. The molecule has 6 heterocycles. The Kier molecular flexibility index (Phi) is 6.08. The smallest absolute Gasteiger partial charge is 0.224 e. The largest absolute Gasteiger partial charge is 0.325 e. The van der Waals surface area contributed by atoms with E-state index in [0.717, 1.165) is 45.3 Å². The zero-order valence-electron chi connectivity index (χ0n) is 21.1. The molecular weight excluding hydrogens is 508 g/mol. The maximum absolute atomic E-state index is 12.7. The van der Waals surface area contributed by atoms with Crippen LogP contribution in [0.5, 0.6) is 0 Å². The molecule has 7 rings (SSSR count). The molecule has 194 valence electrons. The molecule has 1 amide bonds. The first-order chi connectivity index (χ1) is 19.2. The van der Waals surface area contributed by atoms with E-state index in [0.29, 0.717) is 40.8 Å². The summed E-state index contributed by atoms with van der Waals surface area (Å²) in [6.07, 6.45) is 13.6. The van der Waals surface area contributed by atoms with E-state index in [-0.39, 0.29) is 5.91 Å². The van der Waals surface area contributed by atoms with E-state index in [1.165, 1.54) is 19.3 Å². The van der Waals surface area contributed by atoms with Crippen molar-refractivity contribution in [2.75, 3.05) is 5.32 Å². The standard InChI is InChI=1S/C29H26N8OS/c38-24(11-17-5-2-1-3-6-17)33-20-12-18(14-30-16-20)19-13-22-26(36-37-27(22)32-15-19)29-34-25-21(23-7-4-10-39-23)8-9-31-28(25)35-29/h4,7-10,12-17H,1-3,5-6,11H2,(H,33,38)(H,31,34,35)(H,32,36,37). The highest BCUT2D eigenvalue weighted by atomic mass is 32.1. The second-order valence-electron chi connectivity index (χ2n) is 10.0. The van der Waals surface area contributed by atoms with Crippen molar-refractivity contribution < 1.29 is 4.79 Å². The van der Waals surface area contributed by atoms with Gasteiger partial charge in [-0.15, -0.1) is 11.3 Å². The maximum atomic E-state index is 12.7. The van der Waals surface area contributed by atoms with E-state index in [9.17, 15) is 4.79 Å². The third kappa shape index (κ3) is 4.67. The van der Waals surface area contributed by atoms with E-state index < -0.39 is 0 Å². The number of aromatic amines is 2. The van der Waals surface area contributed by atoms with Gasteiger partial charge in [0.15, 0.2) is 17.1 Å². The molecule has 6 aromatic rings. The third-order valence-corrected chi connectivity index (χ3v) is 8.27. The van der Waals surface area contributed by atoms with Crippen molar-refractivity contribution >= 4 is 45.1 Å². The Hall–Kier alpha value is -4.44. The Bertz CT molecular complexity index is 1780. The van der Waals surface area contributed by atoms with E-state index in [4.69, 9.17) is 4.98 Å². The highest BCUT2D eigenvalue weighted by Crippen LogP contribution is 2.33. The topological polar surface area (TPSA) is 125 Å². The van der Waals surface area contributed by atoms with Crippen LogP contribution in [0.15, 0.2) is 60.5 Å². The van der Waals surface area contributed by atoms with Gasteiger partial charge in [-0.2, -0.15) is 5.10 Å². The minimum Gasteiger partial charge on any atom is -0.325 e. The van der Waals surface area contributed by atoms with Crippen molar-refractivity contribution in [2.24, 2.45) is 5.92 Å². The number of rotatable bonds is 6. The summed E-state index contributed by atoms with van der Waals surface area (Å²) in [7, 11) is 0. The summed E-state index contributed by atoms with van der Waals surface area (Å²) in [5, 5.41) is 13.5. The molecule has 9 nitrogen and oxygen atoms in total. The van der Waals surface area contributed by atoms with E-state index in [1.807, 2.05) is 24.3 Å². The second-order valence-corrected chi connectivity index (χ2v) is 11.0. The van der Waals surface area contributed by atoms with Crippen LogP contribution in [0.3, 0.4) is 0 Å². The normalized spacial score (nSPS) is 14.3. The number of hydrogen-bond donors (Lipinski definition) is 3. The number of imidazole rings is 1. The summed E-state index contributed by atoms with van der Waals surface area (Å²) < 4.78 is 0. The lowest BCUT2D eigenvalue weighted by Gasteiger charge is -2.20. The number of amides is 1. The monoisotopic (exact) mass is 534 g/mol. The van der Waals surface area contributed by atoms with Gasteiger partial charge in [-0.1, -0.05) is 25.3 Å². The predicted molar refractivity (Wildman–Crippen MR) is 153 cm³/mol. The van der Waals surface area contributed by atoms with Crippen LogP contribution >= 0.6 is 11.3 Å². The number of nitrogens with zero attached hydrogens (tertiary/aromatic N) is 5. The van der Waals surface area contributed by atoms with Gasteiger partial charge in [-0.25, -0.2) is 15.0 Å². The van der Waals surface area contributed by atoms with Gasteiger partial charge in [0.05, 0.1) is 17.3 Å². The zero-order chi connectivity index (χ0) is 26.2. The number of nitrogens with one attached hydrogen (secondary N) is 3. The highest BCUT2D eigenvalue weighted by molar-refractivity contribution is 7.13. The van der Waals surface area contributed by atoms with Crippen molar-refractivity contribution in [3.05, 3.63) is 60.5 Å². The molecule has 0 radical (unpaired) electrons. The predicted octanol–water partition coefficient (Wildman–Crippen LogP) is 6.60. The molecule has 0 aliphatic heterocycles. The molecule has 0 bridgehead atoms. The van der Waals surface area contributed by atoms with Gasteiger partial charge < -0.3 is 10.3 Å². The van der Waals surface area contributed by atoms with Crippen LogP contribution in [-0.2, 0) is 4.79 Å². The number of H-pyrrole nitrogens is 2. The lowest BCUT2D eigenvalue weighted by atomic mass is 9.87. The van der Waals surface area contributed by atoms with Crippen LogP contribution in [0, 0.1) is 5.92 Å². The van der Waals surface area contributed by atoms with Crippen LogP contribution in [0.1, 0.15) is 38.5 Å². The first-order valence-electron chi connectivity index (χ1n) is 13.2. The average Bonchev–Trinajstić information content (AvgIpc) is 3.73. The minimum absolute atomic E-state index is 0.0481. The quantitative estimate of drug-likeness (QED) is 0.221. The summed E-state index contributed by atoms with van der Waals surface area (Å²) in [5.74, 6) is 1.15. The Balaban J connectivity index is 1.19. The number of hydrogen-bond acceptors (Lipinski definition) is 7. The molecule has 10 heteroatoms. The fourth-order valence-corrected chi connectivity index (χ4v) is 6.18. The molecule has 0 aromatic carbocycles. The SMILES string of the molecule is O=C(CC1CCCCC1)Nc1cncc(-c2cnc3[nH]nc(-c4nc5c(-c6cccs6)ccnc5[nH]4)c3c2)c1. The Labute approximate surface area is 228 Å². The molecule has 0 atom stereocenters. The van der Waals surface area contributed by atoms with Crippen molar-refractivity contribution in [3.63, 3.8) is 0 Å². The lowest BCUT2D eigenvalue weighted by molar-refractivity contribution is -0.117. The molecule has 1 saturated carbocycles. The second kappa shape index (κ2) is 10.0. The number of thiophene rings is 1. The van der Waals surface area contributed by atoms with Gasteiger partial charge in [0.2, 0.25) is 5.91 Å². The fourth-order valence-electron chi connectivity index (χ4n) is 5.43. The Morgan fingerprint density at radius 2 is 1.92 bits per heavy atom. The van der Waals surface area contributed by atoms with E-state index >= 15 is 0 Å². The molecule has 1 aliphatic rings. The van der Waals surface area contributed by atoms with Crippen LogP contribution in [-0.4, -0.2) is 41.0 Å². The number of pyridine rings is 3. The first-order valence-corrected chi connectivity index (χ1v) is 14.1. The van der Waals surface area contributed by atoms with Crippen molar-refractivity contribution in [2.45, 2.75) is 38.5 Å². The number of carbonyl (C=O) groups is 1. The molecule has 3 N–H and O–H groups in total. The molecule has 39 heavy (non-hydrogen) atoms. The fraction of sp³-hybridized carbons (Fsp3) is 0.241. The van der Waals surface area contributed by atoms with E-state index in [1.54, 1.807) is 36.1 Å². The molecule has 1 fully saturated rings. The van der Waals surface area contributed by atoms with Crippen LogP contribution in [0.2, 0.25) is 0 Å². The van der Waals surface area contributed by atoms with Gasteiger partial charge >= 0.3 is 0 Å². The molecular formula is C29H26N8OS. The number of fused-ring (bicyclic) bond motifs is 2. The Morgan fingerprint density at radius 1 is 1.03 bits per heavy atom. The van der Waals surface area contributed by atoms with Gasteiger partial charge in [-0.05, 0) is 48.4 Å². The molecule has 1 aliphatic carbocycles. The summed E-state index contributed by atoms with van der Waals surface area (Å²) in [6.45, 7) is 0. The number of aromatic nitrogens is 7. The van der Waals surface area contributed by atoms with Crippen molar-refractivity contribution in [1.82, 2.24) is 35.1 Å². The van der Waals surface area contributed by atoms with Gasteiger partial charge in [0, 0.05) is 46.6 Å². The van der Waals surface area contributed by atoms with Crippen LogP contribution in [0.25, 0.3) is 55.3 Å². The first kappa shape index (κ1) is 23.7. The van der Waals surface area contributed by atoms with Gasteiger partial charge in [0.25, 0.3) is 0 Å². The van der Waals surface area contributed by atoms with E-state index in [2.05, 4.69) is 46.9 Å². The lowest BCUT2D eigenvalue weighted by Crippen LogP contribution is -2.18. The number of anilines is 1. The van der Waals surface area contributed by atoms with Gasteiger partial charge in [-0.3, -0.25) is 14.9 Å². The molecule has 6 aromatic heterocycles. The summed E-state index contributed by atoms with van der Waals surface area (Å²) in [4.78, 5) is 35.5.